The molecule has 0 radical (unpaired) electrons. The van der Waals surface area contributed by atoms with E-state index >= 15 is 0 Å². The lowest BCUT2D eigenvalue weighted by atomic mass is 9.87. The van der Waals surface area contributed by atoms with Crippen molar-refractivity contribution < 1.29 is 4.74 Å². The van der Waals surface area contributed by atoms with Crippen molar-refractivity contribution in [1.82, 2.24) is 5.32 Å². The van der Waals surface area contributed by atoms with E-state index in [0.717, 1.165) is 12.3 Å². The van der Waals surface area contributed by atoms with E-state index in [-0.39, 0.29) is 0 Å². The van der Waals surface area contributed by atoms with E-state index < -0.39 is 0 Å². The molecule has 0 heterocycles. The zero-order valence-electron chi connectivity index (χ0n) is 11.2. The number of nitrogens with one attached hydrogen (secondary N) is 1. The first kappa shape index (κ1) is 13.2. The zero-order chi connectivity index (χ0) is 12.8. The predicted molar refractivity (Wildman–Crippen MR) is 76.1 cm³/mol. The Labute approximate surface area is 110 Å². The highest BCUT2D eigenvalue weighted by atomic mass is 16.5. The van der Waals surface area contributed by atoms with Crippen LogP contribution in [0.1, 0.15) is 43.4 Å². The standard InChI is InChI=1S/C16H23NO/c1-3-10-17-16-7-5-6-13-8-9-14(12-15(13)16)18-11-4-2/h4,8-9,12,16-17H,2-3,5-7,10-11H2,1H3. The molecule has 1 unspecified atom stereocenters. The Morgan fingerprint density at radius 2 is 2.39 bits per heavy atom. The largest absolute Gasteiger partial charge is 0.490 e. The van der Waals surface area contributed by atoms with Gasteiger partial charge in [0, 0.05) is 6.04 Å². The molecule has 0 saturated heterocycles. The number of aryl methyl sites for hydroxylation is 1. The zero-order valence-corrected chi connectivity index (χ0v) is 11.2. The summed E-state index contributed by atoms with van der Waals surface area (Å²) in [5, 5.41) is 3.64. The first-order chi connectivity index (χ1) is 8.85. The number of rotatable bonds is 6. The van der Waals surface area contributed by atoms with E-state index in [2.05, 4.69) is 37.0 Å². The second-order valence-corrected chi connectivity index (χ2v) is 4.86. The van der Waals surface area contributed by atoms with Gasteiger partial charge in [-0.1, -0.05) is 25.6 Å². The Morgan fingerprint density at radius 1 is 1.50 bits per heavy atom. The second-order valence-electron chi connectivity index (χ2n) is 4.86. The highest BCUT2D eigenvalue weighted by Gasteiger charge is 2.19. The number of ether oxygens (including phenoxy) is 1. The molecule has 0 fully saturated rings. The minimum atomic E-state index is 0.501. The molecule has 0 aromatic heterocycles. The third kappa shape index (κ3) is 3.14. The maximum atomic E-state index is 5.63. The summed E-state index contributed by atoms with van der Waals surface area (Å²) in [6.07, 6.45) is 6.67. The van der Waals surface area contributed by atoms with Gasteiger partial charge in [-0.05, 0) is 55.5 Å². The predicted octanol–water partition coefficient (Wildman–Crippen LogP) is 3.63. The van der Waals surface area contributed by atoms with E-state index in [1.807, 2.05) is 0 Å². The van der Waals surface area contributed by atoms with E-state index in [0.29, 0.717) is 12.6 Å². The van der Waals surface area contributed by atoms with Gasteiger partial charge in [-0.25, -0.2) is 0 Å². The van der Waals surface area contributed by atoms with Gasteiger partial charge in [-0.2, -0.15) is 0 Å². The normalized spacial score (nSPS) is 18.2. The van der Waals surface area contributed by atoms with Crippen LogP contribution >= 0.6 is 0 Å². The summed E-state index contributed by atoms with van der Waals surface area (Å²) >= 11 is 0. The SMILES string of the molecule is C=CCOc1ccc2c(c1)C(NCCC)CCC2. The summed E-state index contributed by atoms with van der Waals surface area (Å²) in [5.74, 6) is 0.957. The Bertz CT molecular complexity index is 400. The maximum Gasteiger partial charge on any atom is 0.120 e. The molecule has 1 aromatic carbocycles. The Hall–Kier alpha value is -1.28. The van der Waals surface area contributed by atoms with Gasteiger partial charge in [-0.15, -0.1) is 0 Å². The van der Waals surface area contributed by atoms with Crippen LogP contribution in [0.2, 0.25) is 0 Å². The molecule has 1 N–H and O–H groups in total. The molecule has 18 heavy (non-hydrogen) atoms. The monoisotopic (exact) mass is 245 g/mol. The van der Waals surface area contributed by atoms with Crippen LogP contribution in [0.4, 0.5) is 0 Å². The van der Waals surface area contributed by atoms with Crippen molar-refractivity contribution in [2.45, 2.75) is 38.6 Å². The lowest BCUT2D eigenvalue weighted by molar-refractivity contribution is 0.360. The lowest BCUT2D eigenvalue weighted by Crippen LogP contribution is -2.25. The minimum Gasteiger partial charge on any atom is -0.490 e. The van der Waals surface area contributed by atoms with Crippen LogP contribution < -0.4 is 10.1 Å². The Balaban J connectivity index is 2.15. The van der Waals surface area contributed by atoms with Crippen LogP contribution in [0.5, 0.6) is 5.75 Å². The maximum absolute atomic E-state index is 5.63. The first-order valence-corrected chi connectivity index (χ1v) is 6.95. The lowest BCUT2D eigenvalue weighted by Gasteiger charge is -2.27. The number of fused-ring (bicyclic) bond motifs is 1. The van der Waals surface area contributed by atoms with Gasteiger partial charge in [-0.3, -0.25) is 0 Å². The van der Waals surface area contributed by atoms with Crippen molar-refractivity contribution in [2.24, 2.45) is 0 Å². The van der Waals surface area contributed by atoms with E-state index in [4.69, 9.17) is 4.74 Å². The van der Waals surface area contributed by atoms with Gasteiger partial charge in [0.15, 0.2) is 0 Å². The summed E-state index contributed by atoms with van der Waals surface area (Å²) < 4.78 is 5.63. The van der Waals surface area contributed by atoms with Crippen molar-refractivity contribution in [2.75, 3.05) is 13.2 Å². The minimum absolute atomic E-state index is 0.501. The molecule has 1 aliphatic rings. The highest BCUT2D eigenvalue weighted by molar-refractivity contribution is 5.39. The van der Waals surface area contributed by atoms with Crippen molar-refractivity contribution in [3.63, 3.8) is 0 Å². The smallest absolute Gasteiger partial charge is 0.120 e. The van der Waals surface area contributed by atoms with E-state index in [1.165, 1.54) is 36.8 Å². The fourth-order valence-corrected chi connectivity index (χ4v) is 2.55. The Morgan fingerprint density at radius 3 is 3.17 bits per heavy atom. The van der Waals surface area contributed by atoms with Gasteiger partial charge in [0.1, 0.15) is 12.4 Å². The molecule has 0 bridgehead atoms. The number of hydrogen-bond donors (Lipinski definition) is 1. The molecule has 1 aliphatic carbocycles. The fourth-order valence-electron chi connectivity index (χ4n) is 2.55. The highest BCUT2D eigenvalue weighted by Crippen LogP contribution is 2.32. The second kappa shape index (κ2) is 6.60. The summed E-state index contributed by atoms with van der Waals surface area (Å²) in [5.41, 5.74) is 2.90. The quantitative estimate of drug-likeness (QED) is 0.773. The van der Waals surface area contributed by atoms with Crippen LogP contribution in [-0.4, -0.2) is 13.2 Å². The molecule has 2 heteroatoms. The fraction of sp³-hybridized carbons (Fsp3) is 0.500. The van der Waals surface area contributed by atoms with E-state index in [9.17, 15) is 0 Å². The molecule has 2 nitrogen and oxygen atoms in total. The van der Waals surface area contributed by atoms with Crippen LogP contribution in [0.3, 0.4) is 0 Å². The summed E-state index contributed by atoms with van der Waals surface area (Å²) in [6, 6.07) is 6.99. The third-order valence-electron chi connectivity index (χ3n) is 3.44. The molecular formula is C16H23NO. The van der Waals surface area contributed by atoms with E-state index in [1.54, 1.807) is 6.08 Å². The van der Waals surface area contributed by atoms with Gasteiger partial charge in [0.25, 0.3) is 0 Å². The topological polar surface area (TPSA) is 21.3 Å². The number of hydrogen-bond acceptors (Lipinski definition) is 2. The Kier molecular flexibility index (Phi) is 4.82. The molecule has 1 atom stereocenters. The molecule has 1 aromatic rings. The van der Waals surface area contributed by atoms with Crippen molar-refractivity contribution in [3.05, 3.63) is 42.0 Å². The van der Waals surface area contributed by atoms with Crippen LogP contribution in [0.15, 0.2) is 30.9 Å². The molecule has 0 amide bonds. The van der Waals surface area contributed by atoms with Crippen molar-refractivity contribution in [1.29, 1.82) is 0 Å². The average molecular weight is 245 g/mol. The van der Waals surface area contributed by atoms with Crippen molar-refractivity contribution >= 4 is 0 Å². The van der Waals surface area contributed by atoms with Gasteiger partial charge in [0.05, 0.1) is 0 Å². The molecule has 98 valence electrons. The summed E-state index contributed by atoms with van der Waals surface area (Å²) in [6.45, 7) is 7.55. The van der Waals surface area contributed by atoms with Crippen LogP contribution in [0.25, 0.3) is 0 Å². The van der Waals surface area contributed by atoms with Crippen LogP contribution in [0, 0.1) is 0 Å². The molecule has 0 aliphatic heterocycles. The molecule has 0 spiro atoms. The average Bonchev–Trinajstić information content (AvgIpc) is 2.42. The van der Waals surface area contributed by atoms with Crippen molar-refractivity contribution in [3.8, 4) is 5.75 Å². The first-order valence-electron chi connectivity index (χ1n) is 6.95. The molecular weight excluding hydrogens is 222 g/mol. The van der Waals surface area contributed by atoms with Gasteiger partial charge in [0.2, 0.25) is 0 Å². The number of benzene rings is 1. The van der Waals surface area contributed by atoms with Gasteiger partial charge >= 0.3 is 0 Å². The van der Waals surface area contributed by atoms with Crippen LogP contribution in [-0.2, 0) is 6.42 Å². The molecule has 2 rings (SSSR count). The molecule has 0 saturated carbocycles. The summed E-state index contributed by atoms with van der Waals surface area (Å²) in [7, 11) is 0. The summed E-state index contributed by atoms with van der Waals surface area (Å²) in [4.78, 5) is 0. The third-order valence-corrected chi connectivity index (χ3v) is 3.44. The van der Waals surface area contributed by atoms with Gasteiger partial charge < -0.3 is 10.1 Å².